The molecular weight excluding hydrogens is 240 g/mol. The summed E-state index contributed by atoms with van der Waals surface area (Å²) in [5.74, 6) is 0.722. The lowest BCUT2D eigenvalue weighted by Crippen LogP contribution is -1.99. The van der Waals surface area contributed by atoms with Crippen molar-refractivity contribution >= 4 is 11.5 Å². The molecule has 0 aliphatic carbocycles. The van der Waals surface area contributed by atoms with Gasteiger partial charge in [0.1, 0.15) is 5.75 Å². The molecule has 0 amide bonds. The minimum atomic E-state index is -0.0357. The summed E-state index contributed by atoms with van der Waals surface area (Å²) < 4.78 is 5.60. The molecule has 19 heavy (non-hydrogen) atoms. The molecule has 0 aliphatic heterocycles. The summed E-state index contributed by atoms with van der Waals surface area (Å²) in [4.78, 5) is 14.8. The quantitative estimate of drug-likeness (QED) is 0.828. The summed E-state index contributed by atoms with van der Waals surface area (Å²) in [7, 11) is 0. The number of aromatic nitrogens is 1. The summed E-state index contributed by atoms with van der Waals surface area (Å²) in [5, 5.41) is 0. The standard InChI is InChI=1S/C15H18N2O2/c1-4-19-12-8-6-5-7-11(12)15-14(16)13(10(3)18)9(2)17-15/h5-8,17H,4,16H2,1-3H3. The molecule has 2 rings (SSSR count). The number of nitrogen functional groups attached to an aromatic ring is 1. The predicted octanol–water partition coefficient (Wildman–Crippen LogP) is 3.17. The molecule has 2 aromatic rings. The van der Waals surface area contributed by atoms with E-state index in [2.05, 4.69) is 4.98 Å². The topological polar surface area (TPSA) is 68.1 Å². The number of hydrogen-bond acceptors (Lipinski definition) is 3. The number of para-hydroxylation sites is 1. The van der Waals surface area contributed by atoms with E-state index in [0.717, 1.165) is 22.7 Å². The van der Waals surface area contributed by atoms with Gasteiger partial charge in [-0.05, 0) is 32.9 Å². The van der Waals surface area contributed by atoms with Crippen molar-refractivity contribution < 1.29 is 9.53 Å². The Hall–Kier alpha value is -2.23. The molecule has 100 valence electrons. The molecule has 0 bridgehead atoms. The molecular formula is C15H18N2O2. The van der Waals surface area contributed by atoms with Crippen LogP contribution in [0.4, 0.5) is 5.69 Å². The smallest absolute Gasteiger partial charge is 0.163 e. The number of carbonyl (C=O) groups is 1. The Labute approximate surface area is 112 Å². The Morgan fingerprint density at radius 1 is 1.37 bits per heavy atom. The van der Waals surface area contributed by atoms with Crippen molar-refractivity contribution in [3.8, 4) is 17.0 Å². The van der Waals surface area contributed by atoms with E-state index in [1.54, 1.807) is 0 Å². The highest BCUT2D eigenvalue weighted by atomic mass is 16.5. The first-order valence-corrected chi connectivity index (χ1v) is 6.27. The van der Waals surface area contributed by atoms with E-state index in [9.17, 15) is 4.79 Å². The molecule has 0 spiro atoms. The van der Waals surface area contributed by atoms with Crippen LogP contribution in [0.5, 0.6) is 5.75 Å². The summed E-state index contributed by atoms with van der Waals surface area (Å²) in [6.07, 6.45) is 0. The number of ether oxygens (including phenoxy) is 1. The lowest BCUT2D eigenvalue weighted by atomic mass is 10.1. The normalized spacial score (nSPS) is 10.5. The van der Waals surface area contributed by atoms with Gasteiger partial charge in [-0.2, -0.15) is 0 Å². The van der Waals surface area contributed by atoms with Gasteiger partial charge in [-0.1, -0.05) is 12.1 Å². The fraction of sp³-hybridized carbons (Fsp3) is 0.267. The molecule has 1 aromatic carbocycles. The molecule has 1 heterocycles. The van der Waals surface area contributed by atoms with E-state index in [-0.39, 0.29) is 5.78 Å². The Kier molecular flexibility index (Phi) is 3.60. The van der Waals surface area contributed by atoms with Crippen molar-refractivity contribution in [1.82, 2.24) is 4.98 Å². The van der Waals surface area contributed by atoms with Gasteiger partial charge in [-0.15, -0.1) is 0 Å². The Bertz CT molecular complexity index is 615. The van der Waals surface area contributed by atoms with Crippen LogP contribution in [-0.2, 0) is 0 Å². The van der Waals surface area contributed by atoms with E-state index in [0.29, 0.717) is 17.9 Å². The number of Topliss-reactive ketones (excluding diaryl/α,β-unsaturated/α-hetero) is 1. The third-order valence-corrected chi connectivity index (χ3v) is 3.03. The number of benzene rings is 1. The Balaban J connectivity index is 2.60. The second kappa shape index (κ2) is 5.18. The molecule has 0 saturated heterocycles. The van der Waals surface area contributed by atoms with Crippen LogP contribution in [0.3, 0.4) is 0 Å². The first-order chi connectivity index (χ1) is 9.06. The van der Waals surface area contributed by atoms with E-state index < -0.39 is 0 Å². The fourth-order valence-corrected chi connectivity index (χ4v) is 2.26. The van der Waals surface area contributed by atoms with Crippen LogP contribution in [0.2, 0.25) is 0 Å². The SMILES string of the molecule is CCOc1ccccc1-c1[nH]c(C)c(C(C)=O)c1N. The summed E-state index contributed by atoms with van der Waals surface area (Å²) in [5.41, 5.74) is 9.53. The van der Waals surface area contributed by atoms with Crippen LogP contribution >= 0.6 is 0 Å². The van der Waals surface area contributed by atoms with Gasteiger partial charge in [-0.25, -0.2) is 0 Å². The minimum absolute atomic E-state index is 0.0357. The summed E-state index contributed by atoms with van der Waals surface area (Å²) in [6, 6.07) is 7.64. The molecule has 1 aromatic heterocycles. The highest BCUT2D eigenvalue weighted by Gasteiger charge is 2.19. The highest BCUT2D eigenvalue weighted by Crippen LogP contribution is 2.36. The first kappa shape index (κ1) is 13.2. The fourth-order valence-electron chi connectivity index (χ4n) is 2.26. The van der Waals surface area contributed by atoms with Crippen molar-refractivity contribution in [1.29, 1.82) is 0 Å². The molecule has 0 atom stereocenters. The van der Waals surface area contributed by atoms with Crippen LogP contribution in [0.1, 0.15) is 29.9 Å². The maximum atomic E-state index is 11.6. The van der Waals surface area contributed by atoms with Crippen LogP contribution in [-0.4, -0.2) is 17.4 Å². The van der Waals surface area contributed by atoms with Crippen molar-refractivity contribution in [2.45, 2.75) is 20.8 Å². The molecule has 3 N–H and O–H groups in total. The van der Waals surface area contributed by atoms with Crippen LogP contribution in [0, 0.1) is 6.92 Å². The number of H-pyrrole nitrogens is 1. The molecule has 4 heteroatoms. The molecule has 4 nitrogen and oxygen atoms in total. The number of rotatable bonds is 4. The number of hydrogen-bond donors (Lipinski definition) is 2. The molecule has 0 aliphatic rings. The zero-order chi connectivity index (χ0) is 14.0. The van der Waals surface area contributed by atoms with Gasteiger partial charge < -0.3 is 15.5 Å². The van der Waals surface area contributed by atoms with Gasteiger partial charge in [0.15, 0.2) is 5.78 Å². The molecule has 0 fully saturated rings. The highest BCUT2D eigenvalue weighted by molar-refractivity contribution is 6.04. The lowest BCUT2D eigenvalue weighted by Gasteiger charge is -2.09. The van der Waals surface area contributed by atoms with Crippen molar-refractivity contribution in [3.05, 3.63) is 35.5 Å². The molecule has 0 unspecified atom stereocenters. The number of nitrogens with one attached hydrogen (secondary N) is 1. The van der Waals surface area contributed by atoms with Crippen molar-refractivity contribution in [3.63, 3.8) is 0 Å². The predicted molar refractivity (Wildman–Crippen MR) is 76.6 cm³/mol. The maximum absolute atomic E-state index is 11.6. The van der Waals surface area contributed by atoms with Gasteiger partial charge in [0.2, 0.25) is 0 Å². The average molecular weight is 258 g/mol. The largest absolute Gasteiger partial charge is 0.493 e. The summed E-state index contributed by atoms with van der Waals surface area (Å²) >= 11 is 0. The Morgan fingerprint density at radius 3 is 2.63 bits per heavy atom. The third kappa shape index (κ3) is 2.34. The van der Waals surface area contributed by atoms with Gasteiger partial charge in [0.05, 0.1) is 23.6 Å². The van der Waals surface area contributed by atoms with Gasteiger partial charge in [0, 0.05) is 11.3 Å². The van der Waals surface area contributed by atoms with Crippen LogP contribution in [0.25, 0.3) is 11.3 Å². The van der Waals surface area contributed by atoms with Gasteiger partial charge >= 0.3 is 0 Å². The van der Waals surface area contributed by atoms with E-state index in [1.165, 1.54) is 6.92 Å². The van der Waals surface area contributed by atoms with Gasteiger partial charge in [-0.3, -0.25) is 4.79 Å². The monoisotopic (exact) mass is 258 g/mol. The number of aromatic amines is 1. The molecule has 0 radical (unpaired) electrons. The zero-order valence-electron chi connectivity index (χ0n) is 11.4. The second-order valence-electron chi connectivity index (χ2n) is 4.40. The van der Waals surface area contributed by atoms with Crippen LogP contribution < -0.4 is 10.5 Å². The van der Waals surface area contributed by atoms with E-state index in [1.807, 2.05) is 38.1 Å². The van der Waals surface area contributed by atoms with Crippen molar-refractivity contribution in [2.75, 3.05) is 12.3 Å². The zero-order valence-corrected chi connectivity index (χ0v) is 11.4. The second-order valence-corrected chi connectivity index (χ2v) is 4.40. The number of ketones is 1. The lowest BCUT2D eigenvalue weighted by molar-refractivity contribution is 0.101. The maximum Gasteiger partial charge on any atom is 0.163 e. The third-order valence-electron chi connectivity index (χ3n) is 3.03. The number of aryl methyl sites for hydroxylation is 1. The van der Waals surface area contributed by atoms with E-state index in [4.69, 9.17) is 10.5 Å². The van der Waals surface area contributed by atoms with Crippen LogP contribution in [0.15, 0.2) is 24.3 Å². The van der Waals surface area contributed by atoms with Gasteiger partial charge in [0.25, 0.3) is 0 Å². The number of nitrogens with two attached hydrogens (primary N) is 1. The molecule has 0 saturated carbocycles. The number of anilines is 1. The van der Waals surface area contributed by atoms with Crippen molar-refractivity contribution in [2.24, 2.45) is 0 Å². The number of carbonyl (C=O) groups excluding carboxylic acids is 1. The summed E-state index contributed by atoms with van der Waals surface area (Å²) in [6.45, 7) is 5.88. The minimum Gasteiger partial charge on any atom is -0.493 e. The average Bonchev–Trinajstić information content (AvgIpc) is 2.66. The van der Waals surface area contributed by atoms with E-state index >= 15 is 0 Å². The first-order valence-electron chi connectivity index (χ1n) is 6.27. The Morgan fingerprint density at radius 2 is 2.05 bits per heavy atom.